The lowest BCUT2D eigenvalue weighted by Gasteiger charge is -2.06. The first-order valence-electron chi connectivity index (χ1n) is 8.94. The first kappa shape index (κ1) is 24.4. The fraction of sp³-hybridized carbons (Fsp3) is 0.136. The van der Waals surface area contributed by atoms with Crippen LogP contribution in [0.25, 0.3) is 10.6 Å². The SMILES string of the molecule is C=CCOc1ccc(CC(=O)O)cc1Cl.O=C(O)Cc1csc(-c2ccc(Cl)cc2)n1. The lowest BCUT2D eigenvalue weighted by Crippen LogP contribution is -2.00. The Morgan fingerprint density at radius 3 is 2.32 bits per heavy atom. The Kier molecular flexibility index (Phi) is 9.52. The van der Waals surface area contributed by atoms with Gasteiger partial charge in [0.15, 0.2) is 0 Å². The molecular formula is C22H19Cl2NO5S. The maximum Gasteiger partial charge on any atom is 0.309 e. The molecule has 0 aliphatic heterocycles. The van der Waals surface area contributed by atoms with Crippen molar-refractivity contribution in [1.82, 2.24) is 4.98 Å². The summed E-state index contributed by atoms with van der Waals surface area (Å²) in [6, 6.07) is 12.2. The molecule has 0 radical (unpaired) electrons. The van der Waals surface area contributed by atoms with Crippen LogP contribution in [0, 0.1) is 0 Å². The molecule has 0 aliphatic carbocycles. The van der Waals surface area contributed by atoms with E-state index in [-0.39, 0.29) is 12.8 Å². The standard InChI is InChI=1S/C11H8ClNO2S.C11H11ClO3/c12-8-3-1-7(2-4-8)11-13-9(6-16-11)5-10(14)15;1-2-5-15-10-4-3-8(6-9(10)12)7-11(13)14/h1-4,6H,5H2,(H,14,15);2-4,6H,1,5,7H2,(H,13,14). The number of carboxylic acid groups (broad SMARTS) is 2. The van der Waals surface area contributed by atoms with Crippen LogP contribution in [-0.4, -0.2) is 33.7 Å². The van der Waals surface area contributed by atoms with Gasteiger partial charge in [0.2, 0.25) is 0 Å². The number of hydrogen-bond donors (Lipinski definition) is 2. The summed E-state index contributed by atoms with van der Waals surface area (Å²) in [6.07, 6.45) is 1.53. The summed E-state index contributed by atoms with van der Waals surface area (Å²) < 4.78 is 5.25. The molecular weight excluding hydrogens is 461 g/mol. The lowest BCUT2D eigenvalue weighted by molar-refractivity contribution is -0.137. The van der Waals surface area contributed by atoms with E-state index >= 15 is 0 Å². The highest BCUT2D eigenvalue weighted by molar-refractivity contribution is 7.13. The van der Waals surface area contributed by atoms with E-state index in [0.717, 1.165) is 10.6 Å². The third-order valence-corrected chi connectivity index (χ3v) is 5.17. The van der Waals surface area contributed by atoms with Gasteiger partial charge in [-0.3, -0.25) is 9.59 Å². The number of carbonyl (C=O) groups is 2. The van der Waals surface area contributed by atoms with Crippen molar-refractivity contribution >= 4 is 46.5 Å². The normalized spacial score (nSPS) is 10.0. The molecule has 0 spiro atoms. The average Bonchev–Trinajstić information content (AvgIpc) is 3.16. The molecule has 3 rings (SSSR count). The number of ether oxygens (including phenoxy) is 1. The number of benzene rings is 2. The van der Waals surface area contributed by atoms with Crippen molar-refractivity contribution in [3.63, 3.8) is 0 Å². The number of nitrogens with zero attached hydrogens (tertiary/aromatic N) is 1. The third-order valence-electron chi connectivity index (χ3n) is 3.68. The molecule has 2 aromatic carbocycles. The smallest absolute Gasteiger partial charge is 0.309 e. The number of rotatable bonds is 8. The molecule has 0 atom stereocenters. The summed E-state index contributed by atoms with van der Waals surface area (Å²) in [5, 5.41) is 20.9. The van der Waals surface area contributed by atoms with Gasteiger partial charge >= 0.3 is 11.9 Å². The van der Waals surface area contributed by atoms with E-state index in [1.807, 2.05) is 12.1 Å². The summed E-state index contributed by atoms with van der Waals surface area (Å²) in [6.45, 7) is 3.89. The fourth-order valence-corrected chi connectivity index (χ4v) is 3.57. The maximum atomic E-state index is 10.5. The molecule has 6 nitrogen and oxygen atoms in total. The highest BCUT2D eigenvalue weighted by Gasteiger charge is 2.08. The van der Waals surface area contributed by atoms with Gasteiger partial charge in [-0.15, -0.1) is 11.3 Å². The van der Waals surface area contributed by atoms with Crippen molar-refractivity contribution in [2.75, 3.05) is 6.61 Å². The van der Waals surface area contributed by atoms with E-state index in [9.17, 15) is 9.59 Å². The zero-order valence-electron chi connectivity index (χ0n) is 16.3. The van der Waals surface area contributed by atoms with Crippen LogP contribution < -0.4 is 4.74 Å². The van der Waals surface area contributed by atoms with E-state index in [2.05, 4.69) is 11.6 Å². The van der Waals surface area contributed by atoms with Gasteiger partial charge in [-0.2, -0.15) is 0 Å². The molecule has 9 heteroatoms. The molecule has 1 heterocycles. The minimum absolute atomic E-state index is 0.0376. The van der Waals surface area contributed by atoms with Crippen molar-refractivity contribution in [1.29, 1.82) is 0 Å². The van der Waals surface area contributed by atoms with Crippen LogP contribution >= 0.6 is 34.5 Å². The van der Waals surface area contributed by atoms with Gasteiger partial charge in [-0.05, 0) is 29.8 Å². The molecule has 162 valence electrons. The first-order valence-corrected chi connectivity index (χ1v) is 10.6. The second kappa shape index (κ2) is 12.1. The van der Waals surface area contributed by atoms with Gasteiger partial charge in [0, 0.05) is 16.0 Å². The predicted molar refractivity (Wildman–Crippen MR) is 122 cm³/mol. The topological polar surface area (TPSA) is 96.7 Å². The summed E-state index contributed by atoms with van der Waals surface area (Å²) >= 11 is 13.1. The van der Waals surface area contributed by atoms with Crippen LogP contribution in [0.4, 0.5) is 0 Å². The Hall–Kier alpha value is -2.87. The van der Waals surface area contributed by atoms with Gasteiger partial charge < -0.3 is 14.9 Å². The molecule has 2 N–H and O–H groups in total. The Morgan fingerprint density at radius 2 is 1.74 bits per heavy atom. The lowest BCUT2D eigenvalue weighted by atomic mass is 10.1. The second-order valence-electron chi connectivity index (χ2n) is 6.16. The molecule has 1 aromatic heterocycles. The number of aliphatic carboxylic acids is 2. The highest BCUT2D eigenvalue weighted by atomic mass is 35.5. The van der Waals surface area contributed by atoms with Crippen LogP contribution in [0.15, 0.2) is 60.5 Å². The maximum absolute atomic E-state index is 10.5. The summed E-state index contributed by atoms with van der Waals surface area (Å²) in [4.78, 5) is 25.2. The van der Waals surface area contributed by atoms with Crippen LogP contribution in [0.5, 0.6) is 5.75 Å². The average molecular weight is 480 g/mol. The van der Waals surface area contributed by atoms with Crippen LogP contribution in [0.1, 0.15) is 11.3 Å². The Morgan fingerprint density at radius 1 is 1.06 bits per heavy atom. The summed E-state index contributed by atoms with van der Waals surface area (Å²) in [5.41, 5.74) is 2.19. The van der Waals surface area contributed by atoms with E-state index in [4.69, 9.17) is 38.2 Å². The van der Waals surface area contributed by atoms with Crippen molar-refractivity contribution in [2.24, 2.45) is 0 Å². The minimum atomic E-state index is -0.883. The van der Waals surface area contributed by atoms with Crippen LogP contribution in [0.2, 0.25) is 10.0 Å². The fourth-order valence-electron chi connectivity index (χ4n) is 2.36. The van der Waals surface area contributed by atoms with Crippen molar-refractivity contribution in [3.8, 4) is 16.3 Å². The summed E-state index contributed by atoms with van der Waals surface area (Å²) in [5.74, 6) is -1.22. The zero-order valence-corrected chi connectivity index (χ0v) is 18.6. The molecule has 0 amide bonds. The predicted octanol–water partition coefficient (Wildman–Crippen LogP) is 5.62. The van der Waals surface area contributed by atoms with Gasteiger partial charge in [0.25, 0.3) is 0 Å². The van der Waals surface area contributed by atoms with Crippen molar-refractivity contribution in [3.05, 3.63) is 81.8 Å². The van der Waals surface area contributed by atoms with E-state index in [1.54, 1.807) is 41.8 Å². The van der Waals surface area contributed by atoms with Crippen LogP contribution in [0.3, 0.4) is 0 Å². The number of thiazole rings is 1. The number of hydrogen-bond acceptors (Lipinski definition) is 5. The largest absolute Gasteiger partial charge is 0.488 e. The first-order chi connectivity index (χ1) is 14.8. The Labute approximate surface area is 193 Å². The molecule has 0 saturated carbocycles. The van der Waals surface area contributed by atoms with E-state index < -0.39 is 11.9 Å². The van der Waals surface area contributed by atoms with Gasteiger partial charge in [0.1, 0.15) is 17.4 Å². The van der Waals surface area contributed by atoms with Gasteiger partial charge in [0.05, 0.1) is 23.6 Å². The Bertz CT molecular complexity index is 1050. The number of aromatic nitrogens is 1. The molecule has 31 heavy (non-hydrogen) atoms. The Balaban J connectivity index is 0.000000221. The van der Waals surface area contributed by atoms with Gasteiger partial charge in [-0.1, -0.05) is 54.1 Å². The van der Waals surface area contributed by atoms with E-state index in [0.29, 0.717) is 33.7 Å². The molecule has 0 unspecified atom stereocenters. The minimum Gasteiger partial charge on any atom is -0.488 e. The molecule has 0 bridgehead atoms. The molecule has 0 aliphatic rings. The molecule has 0 fully saturated rings. The van der Waals surface area contributed by atoms with Crippen LogP contribution in [-0.2, 0) is 22.4 Å². The molecule has 0 saturated heterocycles. The number of carboxylic acids is 2. The molecule has 3 aromatic rings. The highest BCUT2D eigenvalue weighted by Crippen LogP contribution is 2.26. The third kappa shape index (κ3) is 8.41. The quantitative estimate of drug-likeness (QED) is 0.406. The van der Waals surface area contributed by atoms with Crippen molar-refractivity contribution < 1.29 is 24.5 Å². The number of halogens is 2. The van der Waals surface area contributed by atoms with Gasteiger partial charge in [-0.25, -0.2) is 4.98 Å². The summed E-state index contributed by atoms with van der Waals surface area (Å²) in [7, 11) is 0. The van der Waals surface area contributed by atoms with E-state index in [1.165, 1.54) is 11.3 Å². The zero-order chi connectivity index (χ0) is 22.8. The van der Waals surface area contributed by atoms with Crippen molar-refractivity contribution in [2.45, 2.75) is 12.8 Å². The second-order valence-corrected chi connectivity index (χ2v) is 7.86. The monoisotopic (exact) mass is 479 g/mol.